The highest BCUT2D eigenvalue weighted by molar-refractivity contribution is 5.95. The average molecular weight is 406 g/mol. The molecule has 154 valence electrons. The minimum Gasteiger partial charge on any atom is -0.497 e. The Hall–Kier alpha value is -3.94. The first-order chi connectivity index (χ1) is 14.4. The van der Waals surface area contributed by atoms with Gasteiger partial charge in [-0.2, -0.15) is 0 Å². The van der Waals surface area contributed by atoms with Crippen LogP contribution >= 0.6 is 0 Å². The molecule has 2 aromatic heterocycles. The first kappa shape index (κ1) is 20.8. The van der Waals surface area contributed by atoms with Crippen molar-refractivity contribution in [2.45, 2.75) is 20.0 Å². The minimum atomic E-state index is -1.13. The summed E-state index contributed by atoms with van der Waals surface area (Å²) in [6, 6.07) is 12.5. The van der Waals surface area contributed by atoms with E-state index < -0.39 is 6.09 Å². The monoisotopic (exact) mass is 406 g/mol. The van der Waals surface area contributed by atoms with E-state index in [9.17, 15) is 9.59 Å². The van der Waals surface area contributed by atoms with E-state index in [1.165, 1.54) is 0 Å². The zero-order chi connectivity index (χ0) is 21.5. The van der Waals surface area contributed by atoms with Crippen LogP contribution in [0.15, 0.2) is 54.9 Å². The number of aromatic nitrogens is 2. The van der Waals surface area contributed by atoms with Crippen LogP contribution in [0.1, 0.15) is 27.3 Å². The number of methoxy groups -OCH3 is 1. The second-order valence-electron chi connectivity index (χ2n) is 6.63. The standard InChI is InChI=1S/C22H22N4O4/c1-14-7-16(3-5-23-14)17-8-15(12-26-22(28)29)9-18(10-17)21(27)25-13-19-11-20(30-2)4-6-24-19/h3-11,26H,12-13H2,1-2H3,(H,25,27)(H,28,29). The fraction of sp³-hybridized carbons (Fsp3) is 0.182. The highest BCUT2D eigenvalue weighted by Gasteiger charge is 2.12. The lowest BCUT2D eigenvalue weighted by Gasteiger charge is -2.11. The number of pyridine rings is 2. The van der Waals surface area contributed by atoms with Crippen LogP contribution in [0, 0.1) is 6.92 Å². The molecule has 3 aromatic rings. The molecule has 30 heavy (non-hydrogen) atoms. The molecule has 0 atom stereocenters. The van der Waals surface area contributed by atoms with Crippen molar-refractivity contribution >= 4 is 12.0 Å². The second-order valence-corrected chi connectivity index (χ2v) is 6.63. The largest absolute Gasteiger partial charge is 0.497 e. The molecule has 0 spiro atoms. The Morgan fingerprint density at radius 3 is 2.50 bits per heavy atom. The van der Waals surface area contributed by atoms with Gasteiger partial charge in [0.05, 0.1) is 19.3 Å². The zero-order valence-corrected chi connectivity index (χ0v) is 16.7. The number of hydrogen-bond acceptors (Lipinski definition) is 5. The third kappa shape index (κ3) is 5.54. The van der Waals surface area contributed by atoms with Crippen molar-refractivity contribution in [3.8, 4) is 16.9 Å². The molecular weight excluding hydrogens is 384 g/mol. The third-order valence-electron chi connectivity index (χ3n) is 4.38. The van der Waals surface area contributed by atoms with Gasteiger partial charge >= 0.3 is 6.09 Å². The predicted molar refractivity (Wildman–Crippen MR) is 111 cm³/mol. The molecule has 0 aliphatic heterocycles. The summed E-state index contributed by atoms with van der Waals surface area (Å²) in [4.78, 5) is 32.1. The number of hydrogen-bond donors (Lipinski definition) is 3. The van der Waals surface area contributed by atoms with E-state index in [0.29, 0.717) is 22.6 Å². The molecule has 2 heterocycles. The van der Waals surface area contributed by atoms with Crippen LogP contribution in [-0.4, -0.2) is 34.2 Å². The van der Waals surface area contributed by atoms with Crippen LogP contribution in [-0.2, 0) is 13.1 Å². The van der Waals surface area contributed by atoms with Crippen molar-refractivity contribution in [2.24, 2.45) is 0 Å². The van der Waals surface area contributed by atoms with Crippen LogP contribution in [0.3, 0.4) is 0 Å². The molecule has 2 amide bonds. The zero-order valence-electron chi connectivity index (χ0n) is 16.7. The SMILES string of the molecule is COc1ccnc(CNC(=O)c2cc(CNC(=O)O)cc(-c3ccnc(C)c3)c2)c1. The number of amides is 2. The lowest BCUT2D eigenvalue weighted by molar-refractivity contribution is 0.0950. The molecule has 3 rings (SSSR count). The normalized spacial score (nSPS) is 10.3. The van der Waals surface area contributed by atoms with E-state index in [-0.39, 0.29) is 19.0 Å². The van der Waals surface area contributed by atoms with Gasteiger partial charge in [-0.1, -0.05) is 0 Å². The summed E-state index contributed by atoms with van der Waals surface area (Å²) in [6.07, 6.45) is 2.18. The number of carbonyl (C=O) groups excluding carboxylic acids is 1. The van der Waals surface area contributed by atoms with Gasteiger partial charge in [-0.3, -0.25) is 14.8 Å². The smallest absolute Gasteiger partial charge is 0.404 e. The molecule has 0 aliphatic carbocycles. The molecule has 0 saturated heterocycles. The minimum absolute atomic E-state index is 0.0883. The molecule has 1 aromatic carbocycles. The van der Waals surface area contributed by atoms with E-state index in [1.807, 2.05) is 25.1 Å². The third-order valence-corrected chi connectivity index (χ3v) is 4.38. The molecule has 0 radical (unpaired) electrons. The molecule has 0 saturated carbocycles. The molecule has 3 N–H and O–H groups in total. The van der Waals surface area contributed by atoms with Crippen LogP contribution in [0.25, 0.3) is 11.1 Å². The van der Waals surface area contributed by atoms with Gasteiger partial charge in [0.25, 0.3) is 5.91 Å². The van der Waals surface area contributed by atoms with Crippen LogP contribution in [0.4, 0.5) is 4.79 Å². The molecule has 8 nitrogen and oxygen atoms in total. The topological polar surface area (TPSA) is 113 Å². The molecule has 0 fully saturated rings. The number of rotatable bonds is 7. The molecule has 0 aliphatic rings. The maximum absolute atomic E-state index is 12.8. The Morgan fingerprint density at radius 2 is 1.77 bits per heavy atom. The van der Waals surface area contributed by atoms with Crippen LogP contribution in [0.2, 0.25) is 0 Å². The Morgan fingerprint density at radius 1 is 0.967 bits per heavy atom. The molecular formula is C22H22N4O4. The summed E-state index contributed by atoms with van der Waals surface area (Å²) >= 11 is 0. The van der Waals surface area contributed by atoms with Crippen LogP contribution in [0.5, 0.6) is 5.75 Å². The summed E-state index contributed by atoms with van der Waals surface area (Å²) in [5.41, 5.74) is 4.30. The van der Waals surface area contributed by atoms with Gasteiger partial charge in [0.1, 0.15) is 5.75 Å². The molecule has 0 bridgehead atoms. The number of benzene rings is 1. The van der Waals surface area contributed by atoms with Crippen molar-refractivity contribution < 1.29 is 19.4 Å². The van der Waals surface area contributed by atoms with Crippen molar-refractivity contribution in [1.82, 2.24) is 20.6 Å². The van der Waals surface area contributed by atoms with Crippen molar-refractivity contribution in [3.63, 3.8) is 0 Å². The van der Waals surface area contributed by atoms with E-state index >= 15 is 0 Å². The molecule has 8 heteroatoms. The van der Waals surface area contributed by atoms with E-state index in [4.69, 9.17) is 9.84 Å². The lowest BCUT2D eigenvalue weighted by Crippen LogP contribution is -2.24. The van der Waals surface area contributed by atoms with Gasteiger partial charge in [0.15, 0.2) is 0 Å². The first-order valence-corrected chi connectivity index (χ1v) is 9.25. The first-order valence-electron chi connectivity index (χ1n) is 9.25. The number of nitrogens with one attached hydrogen (secondary N) is 2. The molecule has 0 unspecified atom stereocenters. The van der Waals surface area contributed by atoms with E-state index in [1.54, 1.807) is 43.8 Å². The predicted octanol–water partition coefficient (Wildman–Crippen LogP) is 3.16. The van der Waals surface area contributed by atoms with Crippen molar-refractivity contribution in [1.29, 1.82) is 0 Å². The highest BCUT2D eigenvalue weighted by Crippen LogP contribution is 2.23. The number of nitrogens with zero attached hydrogens (tertiary/aromatic N) is 2. The van der Waals surface area contributed by atoms with Gasteiger partial charge in [-0.25, -0.2) is 4.79 Å². The van der Waals surface area contributed by atoms with Gasteiger partial charge in [-0.05, 0) is 60.0 Å². The Kier molecular flexibility index (Phi) is 6.59. The van der Waals surface area contributed by atoms with Crippen LogP contribution < -0.4 is 15.4 Å². The second kappa shape index (κ2) is 9.51. The van der Waals surface area contributed by atoms with Gasteiger partial charge in [0, 0.05) is 36.3 Å². The van der Waals surface area contributed by atoms with Crippen molar-refractivity contribution in [3.05, 3.63) is 77.4 Å². The summed E-state index contributed by atoms with van der Waals surface area (Å²) in [5.74, 6) is 0.371. The highest BCUT2D eigenvalue weighted by atomic mass is 16.5. The summed E-state index contributed by atoms with van der Waals surface area (Å²) < 4.78 is 5.17. The Labute approximate surface area is 174 Å². The van der Waals surface area contributed by atoms with Gasteiger partial charge < -0.3 is 20.5 Å². The number of ether oxygens (including phenoxy) is 1. The quantitative estimate of drug-likeness (QED) is 0.555. The maximum atomic E-state index is 12.8. The van der Waals surface area contributed by atoms with E-state index in [0.717, 1.165) is 16.8 Å². The fourth-order valence-electron chi connectivity index (χ4n) is 2.95. The number of aryl methyl sites for hydroxylation is 1. The average Bonchev–Trinajstić information content (AvgIpc) is 2.76. The Balaban J connectivity index is 1.85. The lowest BCUT2D eigenvalue weighted by atomic mass is 9.99. The summed E-state index contributed by atoms with van der Waals surface area (Å²) in [6.45, 7) is 2.20. The van der Waals surface area contributed by atoms with Crippen molar-refractivity contribution in [2.75, 3.05) is 7.11 Å². The summed E-state index contributed by atoms with van der Waals surface area (Å²) in [7, 11) is 1.57. The number of carboxylic acid groups (broad SMARTS) is 1. The Bertz CT molecular complexity index is 1070. The van der Waals surface area contributed by atoms with E-state index in [2.05, 4.69) is 20.6 Å². The fourth-order valence-corrected chi connectivity index (χ4v) is 2.95. The maximum Gasteiger partial charge on any atom is 0.404 e. The number of carbonyl (C=O) groups is 2. The van der Waals surface area contributed by atoms with Gasteiger partial charge in [-0.15, -0.1) is 0 Å². The van der Waals surface area contributed by atoms with Gasteiger partial charge in [0.2, 0.25) is 0 Å². The summed E-state index contributed by atoms with van der Waals surface area (Å²) in [5, 5.41) is 14.1.